The molecule has 0 radical (unpaired) electrons. The maximum absolute atomic E-state index is 13.4. The van der Waals surface area contributed by atoms with E-state index >= 15 is 0 Å². The van der Waals surface area contributed by atoms with E-state index in [1.807, 2.05) is 16.8 Å². The van der Waals surface area contributed by atoms with Crippen LogP contribution in [-0.4, -0.2) is 11.2 Å². The van der Waals surface area contributed by atoms with Crippen LogP contribution in [0.2, 0.25) is 0 Å². The lowest BCUT2D eigenvalue weighted by molar-refractivity contribution is 0.174. The summed E-state index contributed by atoms with van der Waals surface area (Å²) in [6, 6.07) is 5.93. The van der Waals surface area contributed by atoms with Crippen molar-refractivity contribution in [2.24, 2.45) is 0 Å². The third-order valence-electron chi connectivity index (χ3n) is 2.54. The van der Waals surface area contributed by atoms with Gasteiger partial charge in [-0.25, -0.2) is 8.78 Å². The summed E-state index contributed by atoms with van der Waals surface area (Å²) in [6.45, 7) is 0. The molecule has 0 fully saturated rings. The Morgan fingerprint density at radius 2 is 2.00 bits per heavy atom. The zero-order valence-electron chi connectivity index (χ0n) is 9.07. The molecule has 1 nitrogen and oxygen atoms in total. The Kier molecular flexibility index (Phi) is 3.86. The number of hydrogen-bond acceptors (Lipinski definition) is 2. The Morgan fingerprint density at radius 3 is 2.71 bits per heavy atom. The molecule has 0 aliphatic heterocycles. The monoisotopic (exact) mass is 254 g/mol. The van der Waals surface area contributed by atoms with E-state index in [2.05, 4.69) is 0 Å². The van der Waals surface area contributed by atoms with Gasteiger partial charge in [-0.2, -0.15) is 11.3 Å². The molecule has 0 bridgehead atoms. The normalized spacial score (nSPS) is 12.6. The summed E-state index contributed by atoms with van der Waals surface area (Å²) in [6.07, 6.45) is -0.111. The minimum absolute atomic E-state index is 0.124. The molecule has 2 rings (SSSR count). The molecule has 2 aromatic rings. The highest BCUT2D eigenvalue weighted by molar-refractivity contribution is 7.07. The molecule has 17 heavy (non-hydrogen) atoms. The van der Waals surface area contributed by atoms with Gasteiger partial charge in [-0.15, -0.1) is 0 Å². The van der Waals surface area contributed by atoms with Gasteiger partial charge in [0.25, 0.3) is 0 Å². The predicted molar refractivity (Wildman–Crippen MR) is 64.1 cm³/mol. The van der Waals surface area contributed by atoms with Crippen LogP contribution in [0.4, 0.5) is 8.78 Å². The lowest BCUT2D eigenvalue weighted by atomic mass is 10.0. The first kappa shape index (κ1) is 12.2. The van der Waals surface area contributed by atoms with Crippen molar-refractivity contribution in [3.05, 3.63) is 57.8 Å². The molecule has 0 aliphatic carbocycles. The highest BCUT2D eigenvalue weighted by Gasteiger charge is 2.13. The highest BCUT2D eigenvalue weighted by Crippen LogP contribution is 2.16. The largest absolute Gasteiger partial charge is 0.392 e. The van der Waals surface area contributed by atoms with Gasteiger partial charge in [0.15, 0.2) is 11.6 Å². The number of aliphatic hydroxyl groups is 1. The van der Waals surface area contributed by atoms with Crippen LogP contribution < -0.4 is 0 Å². The van der Waals surface area contributed by atoms with Crippen LogP contribution in [0.15, 0.2) is 35.0 Å². The lowest BCUT2D eigenvalue weighted by Crippen LogP contribution is -2.14. The predicted octanol–water partition coefficient (Wildman–Crippen LogP) is 3.17. The molecule has 0 aliphatic rings. The molecule has 1 heterocycles. The van der Waals surface area contributed by atoms with Gasteiger partial charge in [0.2, 0.25) is 0 Å². The minimum Gasteiger partial charge on any atom is -0.392 e. The fraction of sp³-hybridized carbons (Fsp3) is 0.231. The summed E-state index contributed by atoms with van der Waals surface area (Å²) in [5.74, 6) is -1.73. The lowest BCUT2D eigenvalue weighted by Gasteiger charge is -2.10. The first-order chi connectivity index (χ1) is 8.16. The fourth-order valence-corrected chi connectivity index (χ4v) is 2.39. The van der Waals surface area contributed by atoms with Crippen molar-refractivity contribution in [2.75, 3.05) is 0 Å². The molecule has 1 aromatic carbocycles. The number of hydrogen-bond donors (Lipinski definition) is 1. The van der Waals surface area contributed by atoms with Crippen LogP contribution in [0.1, 0.15) is 11.1 Å². The van der Waals surface area contributed by atoms with Crippen molar-refractivity contribution >= 4 is 11.3 Å². The topological polar surface area (TPSA) is 20.2 Å². The van der Waals surface area contributed by atoms with Crippen LogP contribution in [-0.2, 0) is 12.8 Å². The van der Waals surface area contributed by atoms with Crippen LogP contribution in [0.5, 0.6) is 0 Å². The molecule has 0 saturated carbocycles. The molecule has 0 amide bonds. The summed E-state index contributed by atoms with van der Waals surface area (Å²) >= 11 is 1.55. The van der Waals surface area contributed by atoms with Crippen LogP contribution in [0.25, 0.3) is 0 Å². The van der Waals surface area contributed by atoms with E-state index in [1.165, 1.54) is 12.1 Å². The highest BCUT2D eigenvalue weighted by atomic mass is 32.1. The molecule has 1 aromatic heterocycles. The minimum atomic E-state index is -0.870. The van der Waals surface area contributed by atoms with Crippen molar-refractivity contribution in [1.29, 1.82) is 0 Å². The first-order valence-electron chi connectivity index (χ1n) is 5.29. The SMILES string of the molecule is OC(Cc1ccsc1)Cc1cccc(F)c1F. The van der Waals surface area contributed by atoms with Gasteiger partial charge in [-0.05, 0) is 40.4 Å². The second kappa shape index (κ2) is 5.38. The average Bonchev–Trinajstić information content (AvgIpc) is 2.77. The van der Waals surface area contributed by atoms with Gasteiger partial charge < -0.3 is 5.11 Å². The molecule has 0 saturated heterocycles. The summed E-state index contributed by atoms with van der Waals surface area (Å²) in [5.41, 5.74) is 1.23. The van der Waals surface area contributed by atoms with Crippen molar-refractivity contribution in [3.63, 3.8) is 0 Å². The third kappa shape index (κ3) is 3.11. The molecule has 1 atom stereocenters. The zero-order valence-corrected chi connectivity index (χ0v) is 9.88. The molecule has 1 unspecified atom stereocenters. The van der Waals surface area contributed by atoms with Gasteiger partial charge in [0.1, 0.15) is 0 Å². The van der Waals surface area contributed by atoms with Crippen molar-refractivity contribution in [1.82, 2.24) is 0 Å². The second-order valence-electron chi connectivity index (χ2n) is 3.91. The molecular weight excluding hydrogens is 242 g/mol. The summed E-state index contributed by atoms with van der Waals surface area (Å²) in [7, 11) is 0. The fourth-order valence-electron chi connectivity index (χ4n) is 1.71. The van der Waals surface area contributed by atoms with Crippen LogP contribution >= 0.6 is 11.3 Å². The average molecular weight is 254 g/mol. The van der Waals surface area contributed by atoms with E-state index in [0.29, 0.717) is 6.42 Å². The number of aliphatic hydroxyl groups excluding tert-OH is 1. The van der Waals surface area contributed by atoms with Crippen LogP contribution in [0.3, 0.4) is 0 Å². The quantitative estimate of drug-likeness (QED) is 0.888. The molecule has 0 spiro atoms. The maximum atomic E-state index is 13.4. The molecule has 1 N–H and O–H groups in total. The van der Waals surface area contributed by atoms with Gasteiger partial charge >= 0.3 is 0 Å². The van der Waals surface area contributed by atoms with Crippen molar-refractivity contribution in [2.45, 2.75) is 18.9 Å². The molecule has 4 heteroatoms. The summed E-state index contributed by atoms with van der Waals surface area (Å²) < 4.78 is 26.3. The standard InChI is InChI=1S/C13H12F2OS/c14-12-3-1-2-10(13(12)15)7-11(16)6-9-4-5-17-8-9/h1-5,8,11,16H,6-7H2. The van der Waals surface area contributed by atoms with E-state index in [0.717, 1.165) is 11.6 Å². The van der Waals surface area contributed by atoms with E-state index in [1.54, 1.807) is 11.3 Å². The Balaban J connectivity index is 2.03. The zero-order chi connectivity index (χ0) is 12.3. The number of rotatable bonds is 4. The third-order valence-corrected chi connectivity index (χ3v) is 3.27. The van der Waals surface area contributed by atoms with E-state index in [9.17, 15) is 13.9 Å². The van der Waals surface area contributed by atoms with Gasteiger partial charge in [-0.3, -0.25) is 0 Å². The van der Waals surface area contributed by atoms with Crippen LogP contribution in [0, 0.1) is 11.6 Å². The number of thiophene rings is 1. The Morgan fingerprint density at radius 1 is 1.18 bits per heavy atom. The van der Waals surface area contributed by atoms with Gasteiger partial charge in [-0.1, -0.05) is 12.1 Å². The number of benzene rings is 1. The maximum Gasteiger partial charge on any atom is 0.162 e. The second-order valence-corrected chi connectivity index (χ2v) is 4.69. The van der Waals surface area contributed by atoms with Crippen molar-refractivity contribution in [3.8, 4) is 0 Å². The van der Waals surface area contributed by atoms with E-state index < -0.39 is 17.7 Å². The summed E-state index contributed by atoms with van der Waals surface area (Å²) in [4.78, 5) is 0. The molecule has 90 valence electrons. The van der Waals surface area contributed by atoms with E-state index in [4.69, 9.17) is 0 Å². The van der Waals surface area contributed by atoms with Crippen molar-refractivity contribution < 1.29 is 13.9 Å². The van der Waals surface area contributed by atoms with Gasteiger partial charge in [0, 0.05) is 6.42 Å². The van der Waals surface area contributed by atoms with E-state index in [-0.39, 0.29) is 12.0 Å². The Bertz CT molecular complexity index is 482. The number of halogens is 2. The smallest absolute Gasteiger partial charge is 0.162 e. The first-order valence-corrected chi connectivity index (χ1v) is 6.23. The molecular formula is C13H12F2OS. The van der Waals surface area contributed by atoms with Gasteiger partial charge in [0.05, 0.1) is 6.10 Å². The Hall–Kier alpha value is -1.26. The Labute approximate surface area is 102 Å². The summed E-state index contributed by atoms with van der Waals surface area (Å²) in [5, 5.41) is 13.7.